The monoisotopic (exact) mass is 219 g/mol. The highest BCUT2D eigenvalue weighted by molar-refractivity contribution is 6.00. The number of benzene rings is 1. The second-order valence-electron chi connectivity index (χ2n) is 3.43. The average Bonchev–Trinajstić information content (AvgIpc) is 2.75. The van der Waals surface area contributed by atoms with Crippen molar-refractivity contribution in [2.24, 2.45) is 0 Å². The third kappa shape index (κ3) is 2.20. The van der Waals surface area contributed by atoms with Crippen molar-refractivity contribution in [3.63, 3.8) is 0 Å². The molecule has 0 radical (unpaired) electrons. The van der Waals surface area contributed by atoms with Crippen molar-refractivity contribution in [3.05, 3.63) is 24.4 Å². The molecule has 16 heavy (non-hydrogen) atoms. The Morgan fingerprint density at radius 2 is 2.44 bits per heavy atom. The molecule has 84 valence electrons. The Labute approximate surface area is 92.8 Å². The van der Waals surface area contributed by atoms with Crippen LogP contribution in [0, 0.1) is 0 Å². The number of aromatic amines is 1. The number of H-pyrrole nitrogens is 1. The summed E-state index contributed by atoms with van der Waals surface area (Å²) in [6.45, 7) is 0.424. The van der Waals surface area contributed by atoms with Gasteiger partial charge in [-0.2, -0.15) is 5.10 Å². The fourth-order valence-corrected chi connectivity index (χ4v) is 1.48. The van der Waals surface area contributed by atoms with Gasteiger partial charge in [-0.25, -0.2) is 0 Å². The zero-order valence-corrected chi connectivity index (χ0v) is 8.99. The molecule has 1 heterocycles. The Bertz CT molecular complexity index is 493. The number of carbonyl (C=O) groups excluding carboxylic acids is 1. The minimum absolute atomic E-state index is 0.0597. The minimum Gasteiger partial charge on any atom is -0.384 e. The Morgan fingerprint density at radius 1 is 1.56 bits per heavy atom. The van der Waals surface area contributed by atoms with Crippen molar-refractivity contribution in [1.29, 1.82) is 0 Å². The van der Waals surface area contributed by atoms with E-state index in [9.17, 15) is 4.79 Å². The van der Waals surface area contributed by atoms with E-state index >= 15 is 0 Å². The summed E-state index contributed by atoms with van der Waals surface area (Å²) in [5, 5.41) is 10.5. The second-order valence-corrected chi connectivity index (χ2v) is 3.43. The van der Waals surface area contributed by atoms with Crippen molar-refractivity contribution >= 4 is 22.5 Å². The van der Waals surface area contributed by atoms with Gasteiger partial charge in [0.15, 0.2) is 0 Å². The molecule has 5 heteroatoms. The number of methoxy groups -OCH3 is 1. The molecule has 0 spiro atoms. The quantitative estimate of drug-likeness (QED) is 0.819. The van der Waals surface area contributed by atoms with Crippen LogP contribution in [0.15, 0.2) is 24.4 Å². The number of nitrogens with one attached hydrogen (secondary N) is 2. The van der Waals surface area contributed by atoms with Gasteiger partial charge in [0.2, 0.25) is 5.91 Å². The smallest absolute Gasteiger partial charge is 0.226 e. The lowest BCUT2D eigenvalue weighted by atomic mass is 10.2. The molecule has 2 N–H and O–H groups in total. The molecule has 5 nitrogen and oxygen atoms in total. The molecule has 0 bridgehead atoms. The summed E-state index contributed by atoms with van der Waals surface area (Å²) in [5.74, 6) is -0.0597. The second kappa shape index (κ2) is 4.76. The maximum Gasteiger partial charge on any atom is 0.226 e. The van der Waals surface area contributed by atoms with Crippen LogP contribution < -0.4 is 5.32 Å². The minimum atomic E-state index is -0.0597. The normalized spacial score (nSPS) is 10.6. The van der Waals surface area contributed by atoms with Crippen LogP contribution in [0.3, 0.4) is 0 Å². The molecule has 0 fully saturated rings. The number of amides is 1. The Kier molecular flexibility index (Phi) is 3.16. The van der Waals surface area contributed by atoms with Gasteiger partial charge in [-0.3, -0.25) is 9.89 Å². The first kappa shape index (κ1) is 10.6. The van der Waals surface area contributed by atoms with Gasteiger partial charge >= 0.3 is 0 Å². The molecule has 0 aliphatic heterocycles. The van der Waals surface area contributed by atoms with E-state index in [0.29, 0.717) is 13.0 Å². The molecular formula is C11H13N3O2. The van der Waals surface area contributed by atoms with Crippen molar-refractivity contribution in [3.8, 4) is 0 Å². The maximum atomic E-state index is 11.5. The number of nitrogens with zero attached hydrogens (tertiary/aromatic N) is 1. The number of fused-ring (bicyclic) bond motifs is 1. The lowest BCUT2D eigenvalue weighted by Gasteiger charge is -2.05. The zero-order valence-electron chi connectivity index (χ0n) is 8.99. The van der Waals surface area contributed by atoms with Crippen molar-refractivity contribution < 1.29 is 9.53 Å². The summed E-state index contributed by atoms with van der Waals surface area (Å²) < 4.78 is 4.84. The van der Waals surface area contributed by atoms with Gasteiger partial charge in [-0.15, -0.1) is 0 Å². The summed E-state index contributed by atoms with van der Waals surface area (Å²) in [6, 6.07) is 5.63. The van der Waals surface area contributed by atoms with Crippen LogP contribution in [-0.2, 0) is 9.53 Å². The summed E-state index contributed by atoms with van der Waals surface area (Å²) >= 11 is 0. The standard InChI is InChI=1S/C11H13N3O2/c1-16-6-5-11(15)13-9-3-2-4-10-8(9)7-12-14-10/h2-4,7H,5-6H2,1H3,(H,12,14)(H,13,15). The SMILES string of the molecule is COCCC(=O)Nc1cccc2[nH]ncc12. The van der Waals surface area contributed by atoms with E-state index in [1.54, 1.807) is 13.3 Å². The first-order chi connectivity index (χ1) is 7.81. The Hall–Kier alpha value is -1.88. The Balaban J connectivity index is 2.14. The van der Waals surface area contributed by atoms with E-state index < -0.39 is 0 Å². The molecule has 0 saturated heterocycles. The number of ether oxygens (including phenoxy) is 1. The summed E-state index contributed by atoms with van der Waals surface area (Å²) in [7, 11) is 1.57. The third-order valence-electron chi connectivity index (χ3n) is 2.29. The number of rotatable bonds is 4. The topological polar surface area (TPSA) is 67.0 Å². The molecule has 1 aromatic heterocycles. The van der Waals surface area contributed by atoms with Gasteiger partial charge in [-0.05, 0) is 12.1 Å². The van der Waals surface area contributed by atoms with Crippen LogP contribution in [0.4, 0.5) is 5.69 Å². The highest BCUT2D eigenvalue weighted by atomic mass is 16.5. The number of aromatic nitrogens is 2. The summed E-state index contributed by atoms with van der Waals surface area (Å²) in [4.78, 5) is 11.5. The fourth-order valence-electron chi connectivity index (χ4n) is 1.48. The van der Waals surface area contributed by atoms with Crippen molar-refractivity contribution in [2.75, 3.05) is 19.0 Å². The third-order valence-corrected chi connectivity index (χ3v) is 2.29. The van der Waals surface area contributed by atoms with Gasteiger partial charge in [-0.1, -0.05) is 6.07 Å². The number of hydrogen-bond acceptors (Lipinski definition) is 3. The molecule has 0 aliphatic rings. The van der Waals surface area contributed by atoms with Gasteiger partial charge in [0.1, 0.15) is 0 Å². The zero-order chi connectivity index (χ0) is 11.4. The van der Waals surface area contributed by atoms with Crippen LogP contribution in [0.5, 0.6) is 0 Å². The van der Waals surface area contributed by atoms with Crippen LogP contribution in [0.25, 0.3) is 10.9 Å². The molecule has 2 aromatic rings. The molecule has 2 rings (SSSR count). The van der Waals surface area contributed by atoms with E-state index in [0.717, 1.165) is 16.6 Å². The van der Waals surface area contributed by atoms with Crippen LogP contribution in [0.1, 0.15) is 6.42 Å². The van der Waals surface area contributed by atoms with E-state index in [2.05, 4.69) is 15.5 Å². The predicted octanol–water partition coefficient (Wildman–Crippen LogP) is 1.54. The van der Waals surface area contributed by atoms with Gasteiger partial charge < -0.3 is 10.1 Å². The molecule has 0 unspecified atom stereocenters. The molecule has 0 aliphatic carbocycles. The van der Waals surface area contributed by atoms with Crippen LogP contribution in [-0.4, -0.2) is 29.8 Å². The van der Waals surface area contributed by atoms with E-state index in [1.165, 1.54) is 0 Å². The number of carbonyl (C=O) groups is 1. The summed E-state index contributed by atoms with van der Waals surface area (Å²) in [6.07, 6.45) is 2.05. The van der Waals surface area contributed by atoms with E-state index in [1.807, 2.05) is 18.2 Å². The maximum absolute atomic E-state index is 11.5. The number of anilines is 1. The predicted molar refractivity (Wildman–Crippen MR) is 61.2 cm³/mol. The first-order valence-electron chi connectivity index (χ1n) is 5.02. The lowest BCUT2D eigenvalue weighted by Crippen LogP contribution is -2.13. The molecule has 1 aromatic carbocycles. The van der Waals surface area contributed by atoms with Gasteiger partial charge in [0.25, 0.3) is 0 Å². The molecular weight excluding hydrogens is 206 g/mol. The van der Waals surface area contributed by atoms with Crippen molar-refractivity contribution in [2.45, 2.75) is 6.42 Å². The van der Waals surface area contributed by atoms with E-state index in [4.69, 9.17) is 4.74 Å². The Morgan fingerprint density at radius 3 is 3.25 bits per heavy atom. The molecule has 0 atom stereocenters. The van der Waals surface area contributed by atoms with E-state index in [-0.39, 0.29) is 5.91 Å². The average molecular weight is 219 g/mol. The van der Waals surface area contributed by atoms with Crippen LogP contribution in [0.2, 0.25) is 0 Å². The fraction of sp³-hybridized carbons (Fsp3) is 0.273. The first-order valence-corrected chi connectivity index (χ1v) is 5.02. The highest BCUT2D eigenvalue weighted by Crippen LogP contribution is 2.20. The highest BCUT2D eigenvalue weighted by Gasteiger charge is 2.06. The van der Waals surface area contributed by atoms with Crippen molar-refractivity contribution in [1.82, 2.24) is 10.2 Å². The molecule has 0 saturated carbocycles. The van der Waals surface area contributed by atoms with Gasteiger partial charge in [0, 0.05) is 12.5 Å². The van der Waals surface area contributed by atoms with Crippen LogP contribution >= 0.6 is 0 Å². The largest absolute Gasteiger partial charge is 0.384 e. The van der Waals surface area contributed by atoms with Gasteiger partial charge in [0.05, 0.1) is 30.4 Å². The number of hydrogen-bond donors (Lipinski definition) is 2. The lowest BCUT2D eigenvalue weighted by molar-refractivity contribution is -0.117. The molecule has 1 amide bonds. The summed E-state index contributed by atoms with van der Waals surface area (Å²) in [5.41, 5.74) is 1.68.